The summed E-state index contributed by atoms with van der Waals surface area (Å²) in [5.74, 6) is 0.327. The zero-order valence-corrected chi connectivity index (χ0v) is 12.1. The van der Waals surface area contributed by atoms with Crippen molar-refractivity contribution in [3.8, 4) is 0 Å². The van der Waals surface area contributed by atoms with Crippen molar-refractivity contribution >= 4 is 9.84 Å². The molecule has 0 amide bonds. The van der Waals surface area contributed by atoms with Crippen molar-refractivity contribution in [1.29, 1.82) is 0 Å². The van der Waals surface area contributed by atoms with Crippen molar-refractivity contribution in [3.05, 3.63) is 11.0 Å². The summed E-state index contributed by atoms with van der Waals surface area (Å²) >= 11 is 0. The van der Waals surface area contributed by atoms with Crippen molar-refractivity contribution in [3.63, 3.8) is 0 Å². The van der Waals surface area contributed by atoms with Gasteiger partial charge < -0.3 is 5.11 Å². The zero-order valence-electron chi connectivity index (χ0n) is 11.2. The van der Waals surface area contributed by atoms with Crippen molar-refractivity contribution in [2.45, 2.75) is 64.2 Å². The van der Waals surface area contributed by atoms with E-state index in [4.69, 9.17) is 5.11 Å². The molecule has 0 spiro atoms. The first-order chi connectivity index (χ1) is 8.67. The van der Waals surface area contributed by atoms with Crippen molar-refractivity contribution in [1.82, 2.24) is 0 Å². The molecule has 1 aliphatic heterocycles. The van der Waals surface area contributed by atoms with Gasteiger partial charge in [-0.25, -0.2) is 8.42 Å². The highest BCUT2D eigenvalue weighted by atomic mass is 32.2. The van der Waals surface area contributed by atoms with Gasteiger partial charge in [-0.05, 0) is 25.7 Å². The summed E-state index contributed by atoms with van der Waals surface area (Å²) in [5, 5.41) is 8.63. The number of hydrogen-bond donors (Lipinski definition) is 1. The summed E-state index contributed by atoms with van der Waals surface area (Å²) < 4.78 is 23.1. The zero-order chi connectivity index (χ0) is 13.3. The summed E-state index contributed by atoms with van der Waals surface area (Å²) in [7, 11) is -2.86. The second-order valence-electron chi connectivity index (χ2n) is 5.08. The van der Waals surface area contributed by atoms with Gasteiger partial charge in [0, 0.05) is 11.5 Å². The van der Waals surface area contributed by atoms with Gasteiger partial charge in [0.05, 0.1) is 5.75 Å². The van der Waals surface area contributed by atoms with Gasteiger partial charge in [-0.1, -0.05) is 44.6 Å². The normalized spacial score (nSPS) is 17.9. The highest BCUT2D eigenvalue weighted by Gasteiger charge is 2.21. The molecule has 1 rings (SSSR count). The molecule has 0 saturated carbocycles. The molecule has 18 heavy (non-hydrogen) atoms. The minimum Gasteiger partial charge on any atom is -0.396 e. The Hall–Kier alpha value is -0.350. The molecule has 0 aromatic rings. The maximum atomic E-state index is 11.5. The summed E-state index contributed by atoms with van der Waals surface area (Å²) in [6.45, 7) is 0.309. The van der Waals surface area contributed by atoms with Crippen LogP contribution in [0.1, 0.15) is 64.2 Å². The fourth-order valence-corrected chi connectivity index (χ4v) is 3.88. The molecule has 106 valence electrons. The first kappa shape index (κ1) is 15.7. The van der Waals surface area contributed by atoms with Gasteiger partial charge in [0.1, 0.15) is 0 Å². The molecule has 0 unspecified atom stereocenters. The maximum Gasteiger partial charge on any atom is 0.174 e. The maximum absolute atomic E-state index is 11.5. The van der Waals surface area contributed by atoms with E-state index in [0.717, 1.165) is 32.1 Å². The van der Waals surface area contributed by atoms with Crippen LogP contribution >= 0.6 is 0 Å². The molecule has 1 heterocycles. The monoisotopic (exact) mass is 274 g/mol. The number of unbranched alkanes of at least 4 members (excludes halogenated alkanes) is 7. The molecule has 0 radical (unpaired) electrons. The van der Waals surface area contributed by atoms with Crippen LogP contribution in [0, 0.1) is 0 Å². The smallest absolute Gasteiger partial charge is 0.174 e. The topological polar surface area (TPSA) is 54.4 Å². The van der Waals surface area contributed by atoms with E-state index in [-0.39, 0.29) is 0 Å². The number of hydrogen-bond acceptors (Lipinski definition) is 3. The molecule has 0 aliphatic carbocycles. The van der Waals surface area contributed by atoms with Gasteiger partial charge >= 0.3 is 0 Å². The van der Waals surface area contributed by atoms with Gasteiger partial charge in [-0.15, -0.1) is 0 Å². The first-order valence-electron chi connectivity index (χ1n) is 7.19. The summed E-state index contributed by atoms with van der Waals surface area (Å²) in [6.07, 6.45) is 12.4. The molecule has 3 nitrogen and oxygen atoms in total. The molecule has 0 atom stereocenters. The first-order valence-corrected chi connectivity index (χ1v) is 8.85. The Labute approximate surface area is 111 Å². The second-order valence-corrected chi connectivity index (χ2v) is 7.24. The molecule has 4 heteroatoms. The molecular weight excluding hydrogens is 248 g/mol. The van der Waals surface area contributed by atoms with Crippen molar-refractivity contribution in [2.24, 2.45) is 0 Å². The Balaban J connectivity index is 1.93. The van der Waals surface area contributed by atoms with E-state index in [1.54, 1.807) is 0 Å². The Bertz CT molecular complexity index is 344. The van der Waals surface area contributed by atoms with Crippen LogP contribution in [0.3, 0.4) is 0 Å². The Morgan fingerprint density at radius 2 is 1.50 bits per heavy atom. The number of sulfone groups is 1. The van der Waals surface area contributed by atoms with E-state index in [1.165, 1.54) is 25.7 Å². The van der Waals surface area contributed by atoms with Crippen LogP contribution in [0.25, 0.3) is 0 Å². The summed E-state index contributed by atoms with van der Waals surface area (Å²) in [5.41, 5.74) is 0. The van der Waals surface area contributed by atoms with Crippen LogP contribution in [0.15, 0.2) is 11.0 Å². The van der Waals surface area contributed by atoms with Gasteiger partial charge in [-0.2, -0.15) is 0 Å². The van der Waals surface area contributed by atoms with Gasteiger partial charge in [0.15, 0.2) is 9.84 Å². The molecular formula is C14H26O3S. The third kappa shape index (κ3) is 6.01. The fourth-order valence-electron chi connectivity index (χ4n) is 2.36. The third-order valence-electron chi connectivity index (χ3n) is 3.49. The van der Waals surface area contributed by atoms with E-state index < -0.39 is 9.84 Å². The van der Waals surface area contributed by atoms with E-state index in [1.807, 2.05) is 6.08 Å². The lowest BCUT2D eigenvalue weighted by Gasteiger charge is -2.03. The van der Waals surface area contributed by atoms with Crippen LogP contribution in [0.5, 0.6) is 0 Å². The Morgan fingerprint density at radius 3 is 2.00 bits per heavy atom. The van der Waals surface area contributed by atoms with Crippen LogP contribution in [-0.2, 0) is 9.84 Å². The molecule has 0 bridgehead atoms. The van der Waals surface area contributed by atoms with E-state index in [2.05, 4.69) is 0 Å². The average Bonchev–Trinajstić information content (AvgIpc) is 2.66. The highest BCUT2D eigenvalue weighted by Crippen LogP contribution is 2.23. The highest BCUT2D eigenvalue weighted by molar-refractivity contribution is 7.95. The van der Waals surface area contributed by atoms with E-state index >= 15 is 0 Å². The number of rotatable bonds is 10. The predicted molar refractivity (Wildman–Crippen MR) is 75.1 cm³/mol. The quantitative estimate of drug-likeness (QED) is 0.622. The predicted octanol–water partition coefficient (Wildman–Crippen LogP) is 3.19. The lowest BCUT2D eigenvalue weighted by Crippen LogP contribution is -2.02. The fraction of sp³-hybridized carbons (Fsp3) is 0.857. The summed E-state index contributed by atoms with van der Waals surface area (Å²) in [6, 6.07) is 0. The molecule has 0 fully saturated rings. The molecule has 0 aromatic heterocycles. The largest absolute Gasteiger partial charge is 0.396 e. The van der Waals surface area contributed by atoms with Gasteiger partial charge in [0.25, 0.3) is 0 Å². The summed E-state index contributed by atoms with van der Waals surface area (Å²) in [4.78, 5) is 0.686. The SMILES string of the molecule is O=S1(=O)CCC=C1CCCCCCCCCCO. The standard InChI is InChI=1S/C14H26O3S/c15-12-8-6-4-2-1-3-5-7-10-14-11-9-13-18(14,16)17/h11,15H,1-10,12-13H2. The minimum absolute atomic E-state index is 0.309. The van der Waals surface area contributed by atoms with Crippen LogP contribution < -0.4 is 0 Å². The van der Waals surface area contributed by atoms with E-state index in [0.29, 0.717) is 23.7 Å². The van der Waals surface area contributed by atoms with Crippen molar-refractivity contribution in [2.75, 3.05) is 12.4 Å². The lowest BCUT2D eigenvalue weighted by atomic mass is 10.1. The minimum atomic E-state index is -2.86. The second kappa shape index (κ2) is 8.70. The number of aliphatic hydroxyl groups is 1. The number of aliphatic hydroxyl groups excluding tert-OH is 1. The molecule has 0 saturated heterocycles. The Kier molecular flexibility index (Phi) is 7.59. The third-order valence-corrected chi connectivity index (χ3v) is 5.43. The van der Waals surface area contributed by atoms with Crippen molar-refractivity contribution < 1.29 is 13.5 Å². The van der Waals surface area contributed by atoms with E-state index in [9.17, 15) is 8.42 Å². The van der Waals surface area contributed by atoms with Gasteiger partial charge in [-0.3, -0.25) is 0 Å². The van der Waals surface area contributed by atoms with Crippen LogP contribution in [0.2, 0.25) is 0 Å². The van der Waals surface area contributed by atoms with Crippen LogP contribution in [-0.4, -0.2) is 25.9 Å². The lowest BCUT2D eigenvalue weighted by molar-refractivity contribution is 0.282. The molecule has 1 N–H and O–H groups in total. The Morgan fingerprint density at radius 1 is 0.944 bits per heavy atom. The van der Waals surface area contributed by atoms with Gasteiger partial charge in [0.2, 0.25) is 0 Å². The van der Waals surface area contributed by atoms with Crippen LogP contribution in [0.4, 0.5) is 0 Å². The molecule has 0 aromatic carbocycles. The average molecular weight is 274 g/mol. The number of allylic oxidation sites excluding steroid dienone is 2. The molecule has 1 aliphatic rings.